The van der Waals surface area contributed by atoms with Gasteiger partial charge < -0.3 is 5.32 Å². The zero-order valence-corrected chi connectivity index (χ0v) is 12.9. The minimum atomic E-state index is -0.395. The maximum absolute atomic E-state index is 11.7. The minimum Gasteiger partial charge on any atom is -0.331 e. The Hall–Kier alpha value is -1.89. The van der Waals surface area contributed by atoms with Gasteiger partial charge in [0.05, 0.1) is 10.0 Å². The van der Waals surface area contributed by atoms with E-state index in [1.165, 1.54) is 6.20 Å². The number of halogens is 2. The van der Waals surface area contributed by atoms with Crippen LogP contribution in [0.5, 0.6) is 0 Å². The first-order valence-corrected chi connectivity index (χ1v) is 6.96. The number of amides is 1. The van der Waals surface area contributed by atoms with Gasteiger partial charge in [-0.2, -0.15) is 0 Å². The molecule has 2 rings (SSSR count). The van der Waals surface area contributed by atoms with E-state index in [1.807, 2.05) is 0 Å². The normalized spacial score (nSPS) is 9.81. The third-order valence-corrected chi connectivity index (χ3v) is 3.31. The van der Waals surface area contributed by atoms with Crippen molar-refractivity contribution in [2.24, 2.45) is 0 Å². The van der Waals surface area contributed by atoms with Crippen LogP contribution in [0, 0.1) is 0 Å². The smallest absolute Gasteiger partial charge is 0.288 e. The van der Waals surface area contributed by atoms with E-state index < -0.39 is 5.91 Å². The molecule has 0 aliphatic rings. The second-order valence-corrected chi connectivity index (χ2v) is 5.10. The summed E-state index contributed by atoms with van der Waals surface area (Å²) in [5, 5.41) is 3.92. The Morgan fingerprint density at radius 1 is 1.10 bits per heavy atom. The first kappa shape index (κ1) is 15.5. The molecule has 0 bridgehead atoms. The summed E-state index contributed by atoms with van der Waals surface area (Å²) in [6.45, 7) is 0. The molecule has 0 aliphatic carbocycles. The van der Waals surface area contributed by atoms with Gasteiger partial charge in [-0.05, 0) is 42.5 Å². The summed E-state index contributed by atoms with van der Waals surface area (Å²) >= 11 is 16.8. The number of hydrogen-bond acceptors (Lipinski definition) is 3. The molecule has 5 nitrogen and oxygen atoms in total. The van der Waals surface area contributed by atoms with Crippen LogP contribution < -0.4 is 16.2 Å². The molecule has 0 radical (unpaired) electrons. The van der Waals surface area contributed by atoms with Gasteiger partial charge in [0, 0.05) is 11.9 Å². The molecule has 1 aromatic heterocycles. The van der Waals surface area contributed by atoms with E-state index >= 15 is 0 Å². The number of aromatic nitrogens is 1. The van der Waals surface area contributed by atoms with Gasteiger partial charge >= 0.3 is 0 Å². The lowest BCUT2D eigenvalue weighted by Gasteiger charge is -2.11. The van der Waals surface area contributed by atoms with Crippen LogP contribution >= 0.6 is 35.4 Å². The molecule has 8 heteroatoms. The van der Waals surface area contributed by atoms with Gasteiger partial charge in [-0.25, -0.2) is 0 Å². The molecule has 0 aliphatic heterocycles. The van der Waals surface area contributed by atoms with E-state index in [0.717, 1.165) is 0 Å². The molecular weight excluding hydrogens is 331 g/mol. The predicted molar refractivity (Wildman–Crippen MR) is 87.5 cm³/mol. The summed E-state index contributed by atoms with van der Waals surface area (Å²) in [7, 11) is 0. The largest absolute Gasteiger partial charge is 0.331 e. The standard InChI is InChI=1S/C13H10Cl2N4OS/c14-9-5-4-8(7-10(9)15)17-13(21)19-18-12(20)11-3-1-2-6-16-11/h1-7H,(H,18,20)(H2,17,19,21). The van der Waals surface area contributed by atoms with Crippen LogP contribution in [-0.4, -0.2) is 16.0 Å². The van der Waals surface area contributed by atoms with E-state index in [4.69, 9.17) is 35.4 Å². The lowest BCUT2D eigenvalue weighted by atomic mass is 10.3. The summed E-state index contributed by atoms with van der Waals surface area (Å²) in [6, 6.07) is 10.0. The Kier molecular flexibility index (Phi) is 5.32. The Bertz CT molecular complexity index is 666. The van der Waals surface area contributed by atoms with Crippen molar-refractivity contribution >= 4 is 52.1 Å². The average Bonchev–Trinajstić information content (AvgIpc) is 2.49. The highest BCUT2D eigenvalue weighted by Crippen LogP contribution is 2.24. The van der Waals surface area contributed by atoms with E-state index in [2.05, 4.69) is 21.2 Å². The lowest BCUT2D eigenvalue weighted by Crippen LogP contribution is -2.44. The van der Waals surface area contributed by atoms with Crippen LogP contribution in [-0.2, 0) is 0 Å². The van der Waals surface area contributed by atoms with E-state index in [-0.39, 0.29) is 10.8 Å². The number of nitrogens with zero attached hydrogens (tertiary/aromatic N) is 1. The highest BCUT2D eigenvalue weighted by Gasteiger charge is 2.06. The first-order valence-electron chi connectivity index (χ1n) is 5.79. The summed E-state index contributed by atoms with van der Waals surface area (Å²) < 4.78 is 0. The number of hydrogen-bond donors (Lipinski definition) is 3. The van der Waals surface area contributed by atoms with Crippen LogP contribution in [0.25, 0.3) is 0 Å². The van der Waals surface area contributed by atoms with Crippen molar-refractivity contribution in [3.63, 3.8) is 0 Å². The van der Waals surface area contributed by atoms with Crippen LogP contribution in [0.15, 0.2) is 42.6 Å². The van der Waals surface area contributed by atoms with E-state index in [1.54, 1.807) is 36.4 Å². The van der Waals surface area contributed by atoms with Crippen molar-refractivity contribution in [1.82, 2.24) is 15.8 Å². The molecule has 0 fully saturated rings. The number of hydrazine groups is 1. The molecule has 21 heavy (non-hydrogen) atoms. The molecule has 2 aromatic rings. The second-order valence-electron chi connectivity index (χ2n) is 3.88. The summed E-state index contributed by atoms with van der Waals surface area (Å²) in [6.07, 6.45) is 1.53. The number of pyridine rings is 1. The third-order valence-electron chi connectivity index (χ3n) is 2.36. The van der Waals surface area contributed by atoms with Gasteiger partial charge in [-0.3, -0.25) is 20.6 Å². The quantitative estimate of drug-likeness (QED) is 0.579. The Balaban J connectivity index is 1.87. The molecule has 108 valence electrons. The number of anilines is 1. The van der Waals surface area contributed by atoms with Crippen molar-refractivity contribution in [3.8, 4) is 0 Å². The number of carbonyl (C=O) groups excluding carboxylic acids is 1. The predicted octanol–water partition coefficient (Wildman–Crippen LogP) is 3.02. The summed E-state index contributed by atoms with van der Waals surface area (Å²) in [4.78, 5) is 15.7. The van der Waals surface area contributed by atoms with Crippen molar-refractivity contribution in [2.75, 3.05) is 5.32 Å². The fourth-order valence-corrected chi connectivity index (χ4v) is 1.88. The third kappa shape index (κ3) is 4.56. The molecule has 0 unspecified atom stereocenters. The van der Waals surface area contributed by atoms with Gasteiger partial charge in [-0.1, -0.05) is 29.3 Å². The topological polar surface area (TPSA) is 66.1 Å². The van der Waals surface area contributed by atoms with Crippen molar-refractivity contribution in [1.29, 1.82) is 0 Å². The SMILES string of the molecule is O=C(NNC(=S)Nc1ccc(Cl)c(Cl)c1)c1ccccn1. The van der Waals surface area contributed by atoms with Gasteiger partial charge in [-0.15, -0.1) is 0 Å². The monoisotopic (exact) mass is 340 g/mol. The molecule has 0 saturated carbocycles. The molecule has 0 saturated heterocycles. The molecule has 0 atom stereocenters. The number of thiocarbonyl (C=S) groups is 1. The minimum absolute atomic E-state index is 0.206. The number of rotatable bonds is 2. The zero-order chi connectivity index (χ0) is 15.2. The van der Waals surface area contributed by atoms with E-state index in [0.29, 0.717) is 15.7 Å². The molecular formula is C13H10Cl2N4OS. The lowest BCUT2D eigenvalue weighted by molar-refractivity contribution is 0.0939. The zero-order valence-electron chi connectivity index (χ0n) is 10.6. The summed E-state index contributed by atoms with van der Waals surface area (Å²) in [5.41, 5.74) is 5.93. The van der Waals surface area contributed by atoms with Crippen LogP contribution in [0.1, 0.15) is 10.5 Å². The van der Waals surface area contributed by atoms with Gasteiger partial charge in [0.2, 0.25) is 0 Å². The molecule has 1 aromatic carbocycles. The van der Waals surface area contributed by atoms with Gasteiger partial charge in [0.1, 0.15) is 5.69 Å². The first-order chi connectivity index (χ1) is 10.1. The maximum Gasteiger partial charge on any atom is 0.288 e. The fourth-order valence-electron chi connectivity index (χ4n) is 1.41. The average molecular weight is 341 g/mol. The second kappa shape index (κ2) is 7.21. The fraction of sp³-hybridized carbons (Fsp3) is 0. The van der Waals surface area contributed by atoms with Gasteiger partial charge in [0.15, 0.2) is 5.11 Å². The highest BCUT2D eigenvalue weighted by atomic mass is 35.5. The van der Waals surface area contributed by atoms with Crippen molar-refractivity contribution in [3.05, 3.63) is 58.3 Å². The number of carbonyl (C=O) groups is 1. The van der Waals surface area contributed by atoms with Crippen LogP contribution in [0.4, 0.5) is 5.69 Å². The maximum atomic E-state index is 11.7. The van der Waals surface area contributed by atoms with E-state index in [9.17, 15) is 4.79 Å². The summed E-state index contributed by atoms with van der Waals surface area (Å²) in [5.74, 6) is -0.395. The van der Waals surface area contributed by atoms with Gasteiger partial charge in [0.25, 0.3) is 5.91 Å². The Morgan fingerprint density at radius 3 is 2.57 bits per heavy atom. The number of nitrogens with one attached hydrogen (secondary N) is 3. The molecule has 1 heterocycles. The van der Waals surface area contributed by atoms with Crippen molar-refractivity contribution in [2.45, 2.75) is 0 Å². The number of benzene rings is 1. The van der Waals surface area contributed by atoms with Crippen LogP contribution in [0.2, 0.25) is 10.0 Å². The Labute approximate surface area is 136 Å². The Morgan fingerprint density at radius 2 is 1.90 bits per heavy atom. The molecule has 3 N–H and O–H groups in total. The van der Waals surface area contributed by atoms with Crippen LogP contribution in [0.3, 0.4) is 0 Å². The van der Waals surface area contributed by atoms with Crippen molar-refractivity contribution < 1.29 is 4.79 Å². The molecule has 0 spiro atoms. The molecule has 1 amide bonds. The highest BCUT2D eigenvalue weighted by molar-refractivity contribution is 7.80.